The summed E-state index contributed by atoms with van der Waals surface area (Å²) in [6.07, 6.45) is 1.48. The third-order valence-corrected chi connectivity index (χ3v) is 2.20. The molecule has 7 heteroatoms. The van der Waals surface area contributed by atoms with Crippen LogP contribution in [-0.4, -0.2) is 27.7 Å². The minimum atomic E-state index is -0.429. The summed E-state index contributed by atoms with van der Waals surface area (Å²) in [5.74, 6) is 0.0601. The van der Waals surface area contributed by atoms with Crippen LogP contribution in [-0.2, 0) is 0 Å². The molecule has 1 amide bonds. The van der Waals surface area contributed by atoms with Crippen molar-refractivity contribution in [1.82, 2.24) is 15.2 Å². The molecule has 0 saturated heterocycles. The summed E-state index contributed by atoms with van der Waals surface area (Å²) < 4.78 is 5.19. The number of amides is 1. The Bertz CT molecular complexity index is 601. The highest BCUT2D eigenvalue weighted by molar-refractivity contribution is 6.02. The van der Waals surface area contributed by atoms with Gasteiger partial charge in [-0.3, -0.25) is 9.59 Å². The smallest absolute Gasteiger partial charge is 0.276 e. The molecule has 0 aliphatic heterocycles. The zero-order valence-corrected chi connectivity index (χ0v) is 10.2. The number of hydrogen-bond acceptors (Lipinski definition) is 5. The van der Waals surface area contributed by atoms with Crippen molar-refractivity contribution in [2.45, 2.75) is 6.92 Å². The average molecular weight is 260 g/mol. The fraction of sp³-hybridized carbons (Fsp3) is 0.167. The second kappa shape index (κ2) is 5.76. The Morgan fingerprint density at radius 1 is 1.37 bits per heavy atom. The largest absolute Gasteiger partial charge is 0.478 e. The zero-order chi connectivity index (χ0) is 13.7. The summed E-state index contributed by atoms with van der Waals surface area (Å²) in [4.78, 5) is 26.6. The van der Waals surface area contributed by atoms with E-state index in [1.54, 1.807) is 12.1 Å². The van der Waals surface area contributed by atoms with E-state index in [4.69, 9.17) is 4.74 Å². The number of nitrogens with one attached hydrogen (secondary N) is 2. The van der Waals surface area contributed by atoms with Crippen LogP contribution in [0.5, 0.6) is 5.88 Å². The van der Waals surface area contributed by atoms with Crippen molar-refractivity contribution in [3.8, 4) is 5.88 Å². The molecule has 2 aromatic rings. The number of H-pyrrole nitrogens is 1. The molecule has 7 nitrogen and oxygen atoms in total. The second-order valence-electron chi connectivity index (χ2n) is 3.58. The maximum Gasteiger partial charge on any atom is 0.276 e. The molecule has 0 bridgehead atoms. The molecule has 0 unspecified atom stereocenters. The second-order valence-corrected chi connectivity index (χ2v) is 3.58. The lowest BCUT2D eigenvalue weighted by molar-refractivity contribution is 0.102. The van der Waals surface area contributed by atoms with Gasteiger partial charge in [-0.2, -0.15) is 5.10 Å². The molecule has 2 aromatic heterocycles. The molecule has 0 fully saturated rings. The van der Waals surface area contributed by atoms with Crippen LogP contribution in [0.3, 0.4) is 0 Å². The normalized spacial score (nSPS) is 9.95. The highest BCUT2D eigenvalue weighted by Crippen LogP contribution is 2.12. The summed E-state index contributed by atoms with van der Waals surface area (Å²) in [6, 6.07) is 5.90. The number of rotatable bonds is 4. The Kier molecular flexibility index (Phi) is 3.87. The van der Waals surface area contributed by atoms with Crippen molar-refractivity contribution in [2.75, 3.05) is 11.9 Å². The van der Waals surface area contributed by atoms with Gasteiger partial charge in [-0.25, -0.2) is 10.1 Å². The standard InChI is InChI=1S/C12H12N4O3/c1-2-19-11-6-3-8(7-13-11)14-12(18)9-4-5-10(17)16-15-9/h3-7H,2H2,1H3,(H,14,18)(H,16,17). The quantitative estimate of drug-likeness (QED) is 0.848. The lowest BCUT2D eigenvalue weighted by Gasteiger charge is -2.05. The molecular formula is C12H12N4O3. The van der Waals surface area contributed by atoms with Gasteiger partial charge in [0.25, 0.3) is 11.5 Å². The van der Waals surface area contributed by atoms with Gasteiger partial charge in [0, 0.05) is 12.1 Å². The van der Waals surface area contributed by atoms with E-state index >= 15 is 0 Å². The number of aromatic nitrogens is 3. The van der Waals surface area contributed by atoms with E-state index in [1.807, 2.05) is 6.92 Å². The maximum atomic E-state index is 11.8. The number of carbonyl (C=O) groups excluding carboxylic acids is 1. The molecule has 0 aliphatic carbocycles. The Balaban J connectivity index is 2.06. The van der Waals surface area contributed by atoms with E-state index in [-0.39, 0.29) is 11.3 Å². The summed E-state index contributed by atoms with van der Waals surface area (Å²) in [6.45, 7) is 2.39. The fourth-order valence-electron chi connectivity index (χ4n) is 1.35. The van der Waals surface area contributed by atoms with Crippen LogP contribution in [0.4, 0.5) is 5.69 Å². The van der Waals surface area contributed by atoms with Gasteiger partial charge in [0.05, 0.1) is 18.5 Å². The van der Waals surface area contributed by atoms with E-state index in [1.165, 1.54) is 18.3 Å². The molecule has 0 aliphatic rings. The van der Waals surface area contributed by atoms with E-state index in [2.05, 4.69) is 20.5 Å². The van der Waals surface area contributed by atoms with Gasteiger partial charge < -0.3 is 10.1 Å². The molecule has 0 atom stereocenters. The Hall–Kier alpha value is -2.70. The number of carbonyl (C=O) groups is 1. The lowest BCUT2D eigenvalue weighted by Crippen LogP contribution is -2.17. The molecule has 2 N–H and O–H groups in total. The average Bonchev–Trinajstić information content (AvgIpc) is 2.42. The molecule has 19 heavy (non-hydrogen) atoms. The Morgan fingerprint density at radius 3 is 2.79 bits per heavy atom. The van der Waals surface area contributed by atoms with Crippen LogP contribution >= 0.6 is 0 Å². The van der Waals surface area contributed by atoms with Gasteiger partial charge in [-0.15, -0.1) is 0 Å². The molecule has 2 rings (SSSR count). The minimum Gasteiger partial charge on any atom is -0.478 e. The summed E-state index contributed by atoms with van der Waals surface area (Å²) in [5, 5.41) is 8.42. The van der Waals surface area contributed by atoms with Crippen LogP contribution in [0, 0.1) is 0 Å². The topological polar surface area (TPSA) is 97.0 Å². The molecule has 98 valence electrons. The first-order chi connectivity index (χ1) is 9.19. The third-order valence-electron chi connectivity index (χ3n) is 2.20. The molecular weight excluding hydrogens is 248 g/mol. The van der Waals surface area contributed by atoms with Crippen molar-refractivity contribution >= 4 is 11.6 Å². The van der Waals surface area contributed by atoms with Crippen LogP contribution in [0.1, 0.15) is 17.4 Å². The number of nitrogens with zero attached hydrogens (tertiary/aromatic N) is 2. The zero-order valence-electron chi connectivity index (χ0n) is 10.2. The van der Waals surface area contributed by atoms with Crippen molar-refractivity contribution in [3.63, 3.8) is 0 Å². The SMILES string of the molecule is CCOc1ccc(NC(=O)c2ccc(=O)[nH]n2)cn1. The monoisotopic (exact) mass is 260 g/mol. The highest BCUT2D eigenvalue weighted by Gasteiger charge is 2.08. The first-order valence-electron chi connectivity index (χ1n) is 5.65. The fourth-order valence-corrected chi connectivity index (χ4v) is 1.35. The number of ether oxygens (including phenoxy) is 1. The van der Waals surface area contributed by atoms with E-state index < -0.39 is 5.91 Å². The highest BCUT2D eigenvalue weighted by atomic mass is 16.5. The number of pyridine rings is 1. The third kappa shape index (κ3) is 3.38. The first kappa shape index (κ1) is 12.7. The van der Waals surface area contributed by atoms with Crippen LogP contribution in [0.2, 0.25) is 0 Å². The lowest BCUT2D eigenvalue weighted by atomic mass is 10.3. The Labute approximate surface area is 108 Å². The minimum absolute atomic E-state index is 0.119. The van der Waals surface area contributed by atoms with Crippen molar-refractivity contribution in [3.05, 3.63) is 46.5 Å². The van der Waals surface area contributed by atoms with E-state index in [9.17, 15) is 9.59 Å². The number of hydrogen-bond donors (Lipinski definition) is 2. The molecule has 0 radical (unpaired) electrons. The number of anilines is 1. The van der Waals surface area contributed by atoms with Crippen molar-refractivity contribution in [2.24, 2.45) is 0 Å². The van der Waals surface area contributed by atoms with Gasteiger partial charge in [-0.05, 0) is 19.1 Å². The Morgan fingerprint density at radius 2 is 2.21 bits per heavy atom. The van der Waals surface area contributed by atoms with Crippen molar-refractivity contribution < 1.29 is 9.53 Å². The summed E-state index contributed by atoms with van der Waals surface area (Å²) >= 11 is 0. The van der Waals surface area contributed by atoms with Crippen LogP contribution < -0.4 is 15.6 Å². The van der Waals surface area contributed by atoms with E-state index in [0.717, 1.165) is 0 Å². The van der Waals surface area contributed by atoms with Crippen molar-refractivity contribution in [1.29, 1.82) is 0 Å². The van der Waals surface area contributed by atoms with Gasteiger partial charge in [-0.1, -0.05) is 0 Å². The summed E-state index contributed by atoms with van der Waals surface area (Å²) in [5.41, 5.74) is 0.272. The number of aromatic amines is 1. The van der Waals surface area contributed by atoms with Gasteiger partial charge in [0.1, 0.15) is 5.69 Å². The van der Waals surface area contributed by atoms with Gasteiger partial charge in [0.15, 0.2) is 0 Å². The molecule has 0 saturated carbocycles. The van der Waals surface area contributed by atoms with Crippen LogP contribution in [0.15, 0.2) is 35.3 Å². The summed E-state index contributed by atoms with van der Waals surface area (Å²) in [7, 11) is 0. The van der Waals surface area contributed by atoms with Gasteiger partial charge >= 0.3 is 0 Å². The molecule has 2 heterocycles. The maximum absolute atomic E-state index is 11.8. The van der Waals surface area contributed by atoms with E-state index in [0.29, 0.717) is 18.2 Å². The predicted molar refractivity (Wildman–Crippen MR) is 68.2 cm³/mol. The molecule has 0 aromatic carbocycles. The predicted octanol–water partition coefficient (Wildman–Crippen LogP) is 0.816. The van der Waals surface area contributed by atoms with Crippen LogP contribution in [0.25, 0.3) is 0 Å². The first-order valence-corrected chi connectivity index (χ1v) is 5.65. The molecule has 0 spiro atoms. The van der Waals surface area contributed by atoms with Gasteiger partial charge in [0.2, 0.25) is 5.88 Å².